The number of benzene rings is 1. The Morgan fingerprint density at radius 2 is 2.00 bits per heavy atom. The van der Waals surface area contributed by atoms with E-state index >= 15 is 0 Å². The summed E-state index contributed by atoms with van der Waals surface area (Å²) in [7, 11) is 0. The second-order valence-corrected chi connectivity index (χ2v) is 7.36. The lowest BCUT2D eigenvalue weighted by atomic mass is 10.1. The fraction of sp³-hybridized carbons (Fsp3) is 0.474. The van der Waals surface area contributed by atoms with Crippen LogP contribution in [-0.4, -0.2) is 23.1 Å². The van der Waals surface area contributed by atoms with Crippen molar-refractivity contribution in [2.75, 3.05) is 13.3 Å². The van der Waals surface area contributed by atoms with E-state index in [0.717, 1.165) is 11.1 Å². The molecule has 26 heavy (non-hydrogen) atoms. The van der Waals surface area contributed by atoms with Crippen molar-refractivity contribution in [1.29, 1.82) is 0 Å². The molecule has 0 saturated heterocycles. The minimum atomic E-state index is -0.464. The van der Waals surface area contributed by atoms with Gasteiger partial charge in [-0.05, 0) is 51.0 Å². The zero-order valence-corrected chi connectivity index (χ0v) is 16.3. The van der Waals surface area contributed by atoms with Crippen molar-refractivity contribution < 1.29 is 13.9 Å². The van der Waals surface area contributed by atoms with E-state index in [1.54, 1.807) is 6.07 Å². The van der Waals surface area contributed by atoms with Crippen molar-refractivity contribution in [2.24, 2.45) is 0 Å². The smallest absolute Gasteiger partial charge is 0.289 e. The number of aryl methyl sites for hydroxylation is 1. The molecule has 0 aliphatic rings. The third kappa shape index (κ3) is 4.97. The number of rotatable bonds is 7. The molecular weight excluding hydrogens is 359 g/mol. The summed E-state index contributed by atoms with van der Waals surface area (Å²) in [5.41, 5.74) is 1.05. The van der Waals surface area contributed by atoms with E-state index in [4.69, 9.17) is 21.1 Å². The maximum absolute atomic E-state index is 12.3. The van der Waals surface area contributed by atoms with Crippen LogP contribution in [0.4, 0.5) is 4.39 Å². The fourth-order valence-corrected chi connectivity index (χ4v) is 2.50. The van der Waals surface area contributed by atoms with Crippen molar-refractivity contribution >= 4 is 11.6 Å². The third-order valence-corrected chi connectivity index (χ3v) is 4.11. The minimum absolute atomic E-state index is 0.0127. The lowest BCUT2D eigenvalue weighted by Crippen LogP contribution is -2.36. The number of alkyl halides is 1. The van der Waals surface area contributed by atoms with Gasteiger partial charge in [-0.1, -0.05) is 17.7 Å². The number of ether oxygens (including phenoxy) is 2. The molecular formula is C19H24ClFN2O3. The number of hydrogen-bond donors (Lipinski definition) is 0. The van der Waals surface area contributed by atoms with Crippen LogP contribution < -0.4 is 15.0 Å². The quantitative estimate of drug-likeness (QED) is 0.671. The van der Waals surface area contributed by atoms with E-state index in [1.165, 1.54) is 10.9 Å². The van der Waals surface area contributed by atoms with Gasteiger partial charge in [-0.3, -0.25) is 9.18 Å². The van der Waals surface area contributed by atoms with Crippen molar-refractivity contribution in [3.8, 4) is 11.5 Å². The number of halogens is 2. The minimum Gasteiger partial charge on any atom is -0.493 e. The van der Waals surface area contributed by atoms with Crippen LogP contribution in [0.25, 0.3) is 0 Å². The number of aromatic nitrogens is 2. The van der Waals surface area contributed by atoms with E-state index in [1.807, 2.05) is 39.8 Å². The topological polar surface area (TPSA) is 53.4 Å². The Bertz CT molecular complexity index is 815. The second-order valence-electron chi connectivity index (χ2n) is 6.98. The SMILES string of the molecule is Cc1cc(OCCCF)ccc1COc1cnn(C(C)(C)C)c(=O)c1Cl. The first-order valence-corrected chi connectivity index (χ1v) is 8.81. The van der Waals surface area contributed by atoms with Crippen LogP contribution in [0.1, 0.15) is 38.3 Å². The summed E-state index contributed by atoms with van der Waals surface area (Å²) < 4.78 is 24.6. The van der Waals surface area contributed by atoms with Crippen molar-refractivity contribution in [1.82, 2.24) is 9.78 Å². The first-order valence-electron chi connectivity index (χ1n) is 8.43. The van der Waals surface area contributed by atoms with Crippen molar-refractivity contribution in [2.45, 2.75) is 46.3 Å². The van der Waals surface area contributed by atoms with Gasteiger partial charge in [-0.15, -0.1) is 0 Å². The van der Waals surface area contributed by atoms with Gasteiger partial charge in [0.15, 0.2) is 10.8 Å². The molecule has 0 fully saturated rings. The summed E-state index contributed by atoms with van der Waals surface area (Å²) in [6, 6.07) is 5.55. The highest BCUT2D eigenvalue weighted by molar-refractivity contribution is 6.31. The molecule has 2 rings (SSSR count). The molecule has 0 saturated carbocycles. The second kappa shape index (κ2) is 8.54. The first kappa shape index (κ1) is 20.2. The molecule has 1 heterocycles. The van der Waals surface area contributed by atoms with Crippen LogP contribution in [-0.2, 0) is 12.1 Å². The average Bonchev–Trinajstić information content (AvgIpc) is 2.56. The predicted octanol–water partition coefficient (Wildman–Crippen LogP) is 4.28. The molecule has 1 aromatic carbocycles. The van der Waals surface area contributed by atoms with Gasteiger partial charge >= 0.3 is 0 Å². The fourth-order valence-electron chi connectivity index (χ4n) is 2.32. The summed E-state index contributed by atoms with van der Waals surface area (Å²) >= 11 is 6.16. The zero-order chi connectivity index (χ0) is 19.3. The molecule has 0 N–H and O–H groups in total. The summed E-state index contributed by atoms with van der Waals surface area (Å²) in [5.74, 6) is 0.937. The molecule has 0 aliphatic carbocycles. The molecule has 0 aliphatic heterocycles. The molecule has 2 aromatic rings. The monoisotopic (exact) mass is 382 g/mol. The van der Waals surface area contributed by atoms with Crippen LogP contribution in [0.2, 0.25) is 5.02 Å². The summed E-state index contributed by atoms with van der Waals surface area (Å²) in [4.78, 5) is 12.3. The summed E-state index contributed by atoms with van der Waals surface area (Å²) in [6.07, 6.45) is 1.83. The number of hydrogen-bond acceptors (Lipinski definition) is 4. The number of nitrogens with zero attached hydrogens (tertiary/aromatic N) is 2. The van der Waals surface area contributed by atoms with Crippen LogP contribution in [0.15, 0.2) is 29.2 Å². The molecule has 0 radical (unpaired) electrons. The molecule has 7 heteroatoms. The standard InChI is InChI=1S/C19H24ClFN2O3/c1-13-10-15(25-9-5-8-21)7-6-14(13)12-26-16-11-22-23(19(2,3)4)18(24)17(16)20/h6-7,10-11H,5,8-9,12H2,1-4H3. The normalized spacial score (nSPS) is 11.5. The van der Waals surface area contributed by atoms with Gasteiger partial charge in [-0.25, -0.2) is 4.68 Å². The van der Waals surface area contributed by atoms with Gasteiger partial charge in [0, 0.05) is 6.42 Å². The third-order valence-electron chi connectivity index (χ3n) is 3.77. The van der Waals surface area contributed by atoms with Gasteiger partial charge in [-0.2, -0.15) is 5.10 Å². The molecule has 142 valence electrons. The molecule has 0 bridgehead atoms. The Morgan fingerprint density at radius 1 is 1.27 bits per heavy atom. The van der Waals surface area contributed by atoms with Crippen LogP contribution >= 0.6 is 11.6 Å². The Kier molecular flexibility index (Phi) is 6.64. The van der Waals surface area contributed by atoms with E-state index in [0.29, 0.717) is 18.8 Å². The van der Waals surface area contributed by atoms with Gasteiger partial charge in [0.2, 0.25) is 0 Å². The Labute approximate surface area is 157 Å². The van der Waals surface area contributed by atoms with E-state index in [9.17, 15) is 9.18 Å². The Hall–Kier alpha value is -2.08. The molecule has 0 amide bonds. The van der Waals surface area contributed by atoms with Gasteiger partial charge in [0.05, 0.1) is 25.0 Å². The van der Waals surface area contributed by atoms with Crippen LogP contribution in [0, 0.1) is 6.92 Å². The van der Waals surface area contributed by atoms with Crippen molar-refractivity contribution in [3.63, 3.8) is 0 Å². The van der Waals surface area contributed by atoms with Crippen LogP contribution in [0.5, 0.6) is 11.5 Å². The van der Waals surface area contributed by atoms with Crippen molar-refractivity contribution in [3.05, 3.63) is 50.9 Å². The van der Waals surface area contributed by atoms with E-state index < -0.39 is 12.2 Å². The molecule has 1 aromatic heterocycles. The highest BCUT2D eigenvalue weighted by atomic mass is 35.5. The maximum Gasteiger partial charge on any atom is 0.289 e. The van der Waals surface area contributed by atoms with Gasteiger partial charge in [0.25, 0.3) is 5.56 Å². The Balaban J connectivity index is 2.09. The van der Waals surface area contributed by atoms with Gasteiger partial charge < -0.3 is 9.47 Å². The average molecular weight is 383 g/mol. The molecule has 5 nitrogen and oxygen atoms in total. The lowest BCUT2D eigenvalue weighted by Gasteiger charge is -2.21. The maximum atomic E-state index is 12.3. The highest BCUT2D eigenvalue weighted by Gasteiger charge is 2.20. The zero-order valence-electron chi connectivity index (χ0n) is 15.5. The molecule has 0 unspecified atom stereocenters. The predicted molar refractivity (Wildman–Crippen MR) is 100 cm³/mol. The van der Waals surface area contributed by atoms with E-state index in [2.05, 4.69) is 5.10 Å². The molecule has 0 spiro atoms. The summed E-state index contributed by atoms with van der Waals surface area (Å²) in [5, 5.41) is 4.16. The van der Waals surface area contributed by atoms with E-state index in [-0.39, 0.29) is 22.9 Å². The lowest BCUT2D eigenvalue weighted by molar-refractivity contribution is 0.286. The highest BCUT2D eigenvalue weighted by Crippen LogP contribution is 2.23. The largest absolute Gasteiger partial charge is 0.493 e. The first-order chi connectivity index (χ1) is 12.2. The van der Waals surface area contributed by atoms with Crippen LogP contribution in [0.3, 0.4) is 0 Å². The Morgan fingerprint density at radius 3 is 2.62 bits per heavy atom. The summed E-state index contributed by atoms with van der Waals surface area (Å²) in [6.45, 7) is 7.75. The molecule has 0 atom stereocenters. The van der Waals surface area contributed by atoms with Gasteiger partial charge in [0.1, 0.15) is 12.4 Å².